The lowest BCUT2D eigenvalue weighted by atomic mass is 10.1. The molecule has 0 aliphatic carbocycles. The van der Waals surface area contributed by atoms with Gasteiger partial charge in [0.25, 0.3) is 0 Å². The lowest BCUT2D eigenvalue weighted by molar-refractivity contribution is 1.49. The van der Waals surface area contributed by atoms with E-state index in [2.05, 4.69) is 54.6 Å². The molecule has 2 heteroatoms. The third kappa shape index (κ3) is 1.27. The number of rotatable bonds is 0. The van der Waals surface area contributed by atoms with Gasteiger partial charge in [-0.3, -0.25) is 0 Å². The van der Waals surface area contributed by atoms with Crippen molar-refractivity contribution in [1.82, 2.24) is 0 Å². The van der Waals surface area contributed by atoms with Gasteiger partial charge in [0, 0.05) is 4.70 Å². The smallest absolute Gasteiger partial charge is 0.0695 e. The van der Waals surface area contributed by atoms with Crippen molar-refractivity contribution in [2.75, 3.05) is 0 Å². The second-order valence-electron chi connectivity index (χ2n) is 3.00. The van der Waals surface area contributed by atoms with Crippen LogP contribution in [-0.2, 0) is 0 Å². The topological polar surface area (TPSA) is 0 Å². The van der Waals surface area contributed by atoms with Crippen LogP contribution in [0.15, 0.2) is 18.2 Å². The average molecular weight is 288 g/mol. The molecule has 0 fully saturated rings. The van der Waals surface area contributed by atoms with E-state index in [-0.39, 0.29) is 0 Å². The van der Waals surface area contributed by atoms with Crippen LogP contribution in [0.25, 0.3) is 10.1 Å². The quantitative estimate of drug-likeness (QED) is 0.640. The molecule has 0 aliphatic rings. The van der Waals surface area contributed by atoms with E-state index in [0.29, 0.717) is 0 Å². The SMILES string of the molecule is Cc1ccc2sc(I)c(C)c2c1. The van der Waals surface area contributed by atoms with E-state index in [1.165, 1.54) is 24.1 Å². The van der Waals surface area contributed by atoms with E-state index in [4.69, 9.17) is 0 Å². The van der Waals surface area contributed by atoms with E-state index in [1.54, 1.807) is 0 Å². The highest BCUT2D eigenvalue weighted by Crippen LogP contribution is 2.31. The highest BCUT2D eigenvalue weighted by Gasteiger charge is 2.04. The summed E-state index contributed by atoms with van der Waals surface area (Å²) < 4.78 is 2.82. The van der Waals surface area contributed by atoms with Gasteiger partial charge in [-0.25, -0.2) is 0 Å². The number of halogens is 1. The molecule has 0 amide bonds. The van der Waals surface area contributed by atoms with Crippen LogP contribution in [0.1, 0.15) is 11.1 Å². The first-order valence-electron chi connectivity index (χ1n) is 3.84. The predicted molar refractivity (Wildman–Crippen MR) is 64.0 cm³/mol. The standard InChI is InChI=1S/C10H9IS/c1-6-3-4-9-8(5-6)7(2)10(11)12-9/h3-5H,1-2H3. The normalized spacial score (nSPS) is 10.9. The molecule has 1 heterocycles. The van der Waals surface area contributed by atoms with Crippen LogP contribution in [0, 0.1) is 16.7 Å². The van der Waals surface area contributed by atoms with Gasteiger partial charge >= 0.3 is 0 Å². The molecule has 0 radical (unpaired) electrons. The third-order valence-corrected chi connectivity index (χ3v) is 4.56. The maximum atomic E-state index is 2.41. The molecule has 0 atom stereocenters. The molecule has 0 N–H and O–H groups in total. The van der Waals surface area contributed by atoms with Gasteiger partial charge in [-0.1, -0.05) is 17.7 Å². The molecule has 0 nitrogen and oxygen atoms in total. The highest BCUT2D eigenvalue weighted by molar-refractivity contribution is 14.1. The molecule has 0 aliphatic heterocycles. The van der Waals surface area contributed by atoms with Crippen molar-refractivity contribution in [3.8, 4) is 0 Å². The zero-order valence-electron chi connectivity index (χ0n) is 7.02. The van der Waals surface area contributed by atoms with Crippen molar-refractivity contribution < 1.29 is 0 Å². The minimum absolute atomic E-state index is 1.35. The maximum Gasteiger partial charge on any atom is 0.0695 e. The van der Waals surface area contributed by atoms with Crippen molar-refractivity contribution in [2.24, 2.45) is 0 Å². The molecule has 12 heavy (non-hydrogen) atoms. The number of hydrogen-bond donors (Lipinski definition) is 0. The van der Waals surface area contributed by atoms with Gasteiger partial charge in [-0.05, 0) is 53.5 Å². The third-order valence-electron chi connectivity index (χ3n) is 2.03. The Bertz CT molecular complexity index is 429. The van der Waals surface area contributed by atoms with Crippen LogP contribution >= 0.6 is 33.9 Å². The fraction of sp³-hybridized carbons (Fsp3) is 0.200. The Labute approximate surface area is 89.7 Å². The van der Waals surface area contributed by atoms with Crippen molar-refractivity contribution in [3.05, 3.63) is 32.2 Å². The first kappa shape index (κ1) is 8.51. The van der Waals surface area contributed by atoms with Crippen molar-refractivity contribution in [3.63, 3.8) is 0 Å². The molecular formula is C10H9IS. The number of benzene rings is 1. The van der Waals surface area contributed by atoms with Gasteiger partial charge in [0.1, 0.15) is 0 Å². The van der Waals surface area contributed by atoms with Gasteiger partial charge in [-0.15, -0.1) is 11.3 Å². The summed E-state index contributed by atoms with van der Waals surface area (Å²) >= 11 is 4.28. The first-order chi connectivity index (χ1) is 5.68. The van der Waals surface area contributed by atoms with Crippen LogP contribution in [0.3, 0.4) is 0 Å². The summed E-state index contributed by atoms with van der Waals surface area (Å²) in [6.45, 7) is 4.34. The van der Waals surface area contributed by atoms with Crippen LogP contribution in [-0.4, -0.2) is 0 Å². The Hall–Kier alpha value is -0.0900. The summed E-state index contributed by atoms with van der Waals surface area (Å²) in [5.74, 6) is 0. The van der Waals surface area contributed by atoms with Crippen LogP contribution in [0.5, 0.6) is 0 Å². The largest absolute Gasteiger partial charge is 0.129 e. The first-order valence-corrected chi connectivity index (χ1v) is 5.73. The summed E-state index contributed by atoms with van der Waals surface area (Å²) in [4.78, 5) is 0. The monoisotopic (exact) mass is 288 g/mol. The fourth-order valence-corrected chi connectivity index (χ4v) is 3.22. The van der Waals surface area contributed by atoms with Gasteiger partial charge in [0.15, 0.2) is 0 Å². The highest BCUT2D eigenvalue weighted by atomic mass is 127. The Morgan fingerprint density at radius 3 is 2.75 bits per heavy atom. The van der Waals surface area contributed by atoms with Crippen LogP contribution < -0.4 is 0 Å². The van der Waals surface area contributed by atoms with Gasteiger partial charge in [0.2, 0.25) is 0 Å². The minimum atomic E-state index is 1.35. The second-order valence-corrected chi connectivity index (χ2v) is 5.86. The Kier molecular flexibility index (Phi) is 2.12. The van der Waals surface area contributed by atoms with E-state index >= 15 is 0 Å². The summed E-state index contributed by atoms with van der Waals surface area (Å²) in [5, 5.41) is 1.42. The van der Waals surface area contributed by atoms with Gasteiger partial charge in [-0.2, -0.15) is 0 Å². The molecule has 0 bridgehead atoms. The van der Waals surface area contributed by atoms with Crippen molar-refractivity contribution >= 4 is 44.0 Å². The van der Waals surface area contributed by atoms with E-state index in [9.17, 15) is 0 Å². The lowest BCUT2D eigenvalue weighted by Gasteiger charge is -1.93. The van der Waals surface area contributed by atoms with E-state index in [0.717, 1.165) is 0 Å². The molecule has 0 saturated heterocycles. The zero-order chi connectivity index (χ0) is 8.72. The zero-order valence-corrected chi connectivity index (χ0v) is 9.99. The molecule has 0 spiro atoms. The van der Waals surface area contributed by atoms with Gasteiger partial charge in [0.05, 0.1) is 2.88 Å². The van der Waals surface area contributed by atoms with Crippen LogP contribution in [0.2, 0.25) is 0 Å². The number of thiophene rings is 1. The molecule has 2 aromatic rings. The molecule has 2 rings (SSSR count). The Balaban J connectivity index is 2.88. The summed E-state index contributed by atoms with van der Waals surface area (Å²) in [6, 6.07) is 6.65. The maximum absolute atomic E-state index is 2.41. The Morgan fingerprint density at radius 1 is 1.25 bits per heavy atom. The summed E-state index contributed by atoms with van der Waals surface area (Å²) in [6.07, 6.45) is 0. The number of hydrogen-bond acceptors (Lipinski definition) is 1. The Morgan fingerprint density at radius 2 is 2.00 bits per heavy atom. The van der Waals surface area contributed by atoms with Gasteiger partial charge < -0.3 is 0 Å². The van der Waals surface area contributed by atoms with E-state index in [1.807, 2.05) is 11.3 Å². The molecule has 1 aromatic heterocycles. The lowest BCUT2D eigenvalue weighted by Crippen LogP contribution is -1.72. The molecule has 62 valence electrons. The number of fused-ring (bicyclic) bond motifs is 1. The second kappa shape index (κ2) is 3.00. The summed E-state index contributed by atoms with van der Waals surface area (Å²) in [7, 11) is 0. The van der Waals surface area contributed by atoms with Crippen LogP contribution in [0.4, 0.5) is 0 Å². The van der Waals surface area contributed by atoms with E-state index < -0.39 is 0 Å². The number of aryl methyl sites for hydroxylation is 2. The fourth-order valence-electron chi connectivity index (χ4n) is 1.30. The molecule has 0 saturated carbocycles. The average Bonchev–Trinajstić information content (AvgIpc) is 2.31. The minimum Gasteiger partial charge on any atom is -0.129 e. The molecule has 1 aromatic carbocycles. The molecule has 0 unspecified atom stereocenters. The van der Waals surface area contributed by atoms with Crippen molar-refractivity contribution in [2.45, 2.75) is 13.8 Å². The van der Waals surface area contributed by atoms with Crippen molar-refractivity contribution in [1.29, 1.82) is 0 Å². The molecular weight excluding hydrogens is 279 g/mol. The summed E-state index contributed by atoms with van der Waals surface area (Å²) in [5.41, 5.74) is 2.78. The predicted octanol–water partition coefficient (Wildman–Crippen LogP) is 4.12.